The maximum absolute atomic E-state index is 13.9. The number of hydrogen-bond acceptors (Lipinski definition) is 3. The van der Waals surface area contributed by atoms with E-state index in [1.165, 1.54) is 0 Å². The van der Waals surface area contributed by atoms with Gasteiger partial charge in [0.05, 0.1) is 12.5 Å². The van der Waals surface area contributed by atoms with Crippen molar-refractivity contribution in [3.63, 3.8) is 0 Å². The van der Waals surface area contributed by atoms with E-state index in [4.69, 9.17) is 5.26 Å². The topological polar surface area (TPSA) is 39.1 Å². The third-order valence-electron chi connectivity index (χ3n) is 3.60. The smallest absolute Gasteiger partial charge is 0.126 e. The van der Waals surface area contributed by atoms with Crippen molar-refractivity contribution in [2.45, 2.75) is 46.2 Å². The van der Waals surface area contributed by atoms with Gasteiger partial charge in [-0.15, -0.1) is 0 Å². The minimum atomic E-state index is -0.185. The van der Waals surface area contributed by atoms with Gasteiger partial charge >= 0.3 is 0 Å². The molecule has 0 heterocycles. The summed E-state index contributed by atoms with van der Waals surface area (Å²) in [6.45, 7) is 8.61. The van der Waals surface area contributed by atoms with Crippen LogP contribution < -0.4 is 10.2 Å². The average molecular weight is 277 g/mol. The van der Waals surface area contributed by atoms with Gasteiger partial charge in [-0.1, -0.05) is 0 Å². The number of benzene rings is 1. The van der Waals surface area contributed by atoms with Crippen molar-refractivity contribution in [1.82, 2.24) is 5.32 Å². The number of nitriles is 1. The first-order valence-corrected chi connectivity index (χ1v) is 7.03. The SMILES string of the molecule is CNC(C)c1cc(F)c(C)cc1N(CCC#N)C(C)C. The molecule has 0 bridgehead atoms. The molecule has 1 atom stereocenters. The molecule has 0 saturated heterocycles. The van der Waals surface area contributed by atoms with E-state index in [1.807, 2.05) is 20.0 Å². The fourth-order valence-electron chi connectivity index (χ4n) is 2.26. The van der Waals surface area contributed by atoms with Crippen LogP contribution in [0.1, 0.15) is 44.4 Å². The molecule has 1 N–H and O–H groups in total. The molecular weight excluding hydrogens is 253 g/mol. The molecule has 110 valence electrons. The summed E-state index contributed by atoms with van der Waals surface area (Å²) in [4.78, 5) is 2.17. The highest BCUT2D eigenvalue weighted by atomic mass is 19.1. The van der Waals surface area contributed by atoms with Crippen molar-refractivity contribution in [1.29, 1.82) is 5.26 Å². The van der Waals surface area contributed by atoms with E-state index >= 15 is 0 Å². The lowest BCUT2D eigenvalue weighted by Crippen LogP contribution is -2.33. The highest BCUT2D eigenvalue weighted by Gasteiger charge is 2.19. The number of nitrogens with zero attached hydrogens (tertiary/aromatic N) is 2. The van der Waals surface area contributed by atoms with Crippen molar-refractivity contribution in [2.75, 3.05) is 18.5 Å². The maximum Gasteiger partial charge on any atom is 0.126 e. The molecule has 0 aliphatic rings. The molecule has 0 fully saturated rings. The van der Waals surface area contributed by atoms with Gasteiger partial charge in [0.15, 0.2) is 0 Å². The predicted octanol–water partition coefficient (Wildman–Crippen LogP) is 3.54. The molecular formula is C16H24FN3. The Morgan fingerprint density at radius 3 is 2.50 bits per heavy atom. The molecule has 1 rings (SSSR count). The number of nitrogens with one attached hydrogen (secondary N) is 1. The predicted molar refractivity (Wildman–Crippen MR) is 81.3 cm³/mol. The third kappa shape index (κ3) is 3.71. The first kappa shape index (κ1) is 16.5. The van der Waals surface area contributed by atoms with Crippen molar-refractivity contribution in [3.05, 3.63) is 29.1 Å². The summed E-state index contributed by atoms with van der Waals surface area (Å²) < 4.78 is 13.9. The van der Waals surface area contributed by atoms with Gasteiger partial charge < -0.3 is 10.2 Å². The first-order chi connectivity index (χ1) is 9.42. The molecule has 1 aromatic rings. The van der Waals surface area contributed by atoms with Crippen molar-refractivity contribution >= 4 is 5.69 Å². The van der Waals surface area contributed by atoms with Crippen LogP contribution in [0.15, 0.2) is 12.1 Å². The van der Waals surface area contributed by atoms with Crippen LogP contribution in [0.5, 0.6) is 0 Å². The number of halogens is 1. The standard InChI is InChI=1S/C16H24FN3/c1-11(2)20(8-6-7-18)16-9-12(3)15(17)10-14(16)13(4)19-5/h9-11,13,19H,6,8H2,1-5H3. The number of hydrogen-bond donors (Lipinski definition) is 1. The van der Waals surface area contributed by atoms with Crippen LogP contribution in [0.3, 0.4) is 0 Å². The van der Waals surface area contributed by atoms with E-state index in [0.29, 0.717) is 18.5 Å². The third-order valence-corrected chi connectivity index (χ3v) is 3.60. The first-order valence-electron chi connectivity index (χ1n) is 7.03. The second-order valence-corrected chi connectivity index (χ2v) is 5.37. The summed E-state index contributed by atoms with van der Waals surface area (Å²) >= 11 is 0. The number of anilines is 1. The van der Waals surface area contributed by atoms with Gasteiger partial charge in [-0.05, 0) is 58.0 Å². The van der Waals surface area contributed by atoms with Crippen molar-refractivity contribution in [3.8, 4) is 6.07 Å². The Morgan fingerprint density at radius 1 is 1.35 bits per heavy atom. The molecule has 4 heteroatoms. The normalized spacial score (nSPS) is 12.3. The van der Waals surface area contributed by atoms with Crippen LogP contribution in [0.2, 0.25) is 0 Å². The molecule has 3 nitrogen and oxygen atoms in total. The molecule has 20 heavy (non-hydrogen) atoms. The van der Waals surface area contributed by atoms with E-state index < -0.39 is 0 Å². The molecule has 0 spiro atoms. The van der Waals surface area contributed by atoms with E-state index in [-0.39, 0.29) is 17.9 Å². The summed E-state index contributed by atoms with van der Waals surface area (Å²) in [5.74, 6) is -0.185. The summed E-state index contributed by atoms with van der Waals surface area (Å²) in [6, 6.07) is 5.99. The monoisotopic (exact) mass is 277 g/mol. The van der Waals surface area contributed by atoms with Gasteiger partial charge in [-0.2, -0.15) is 5.26 Å². The Kier molecular flexibility index (Phi) is 5.97. The zero-order valence-corrected chi connectivity index (χ0v) is 13.0. The minimum Gasteiger partial charge on any atom is -0.368 e. The Bertz CT molecular complexity index is 491. The summed E-state index contributed by atoms with van der Waals surface area (Å²) in [6.07, 6.45) is 0.460. The average Bonchev–Trinajstić information content (AvgIpc) is 2.41. The van der Waals surface area contributed by atoms with Crippen LogP contribution in [-0.2, 0) is 0 Å². The van der Waals surface area contributed by atoms with Gasteiger partial charge in [0, 0.05) is 24.3 Å². The lowest BCUT2D eigenvalue weighted by molar-refractivity contribution is 0.594. The van der Waals surface area contributed by atoms with Crippen LogP contribution in [0, 0.1) is 24.1 Å². The summed E-state index contributed by atoms with van der Waals surface area (Å²) in [5.41, 5.74) is 2.58. The van der Waals surface area contributed by atoms with Gasteiger partial charge in [0.2, 0.25) is 0 Å². The fourth-order valence-corrected chi connectivity index (χ4v) is 2.26. The number of aryl methyl sites for hydroxylation is 1. The molecule has 0 saturated carbocycles. The highest BCUT2D eigenvalue weighted by molar-refractivity contribution is 5.57. The second kappa shape index (κ2) is 7.25. The maximum atomic E-state index is 13.9. The van der Waals surface area contributed by atoms with Crippen LogP contribution >= 0.6 is 0 Å². The van der Waals surface area contributed by atoms with Crippen LogP contribution in [0.4, 0.5) is 10.1 Å². The molecule has 1 aromatic carbocycles. The van der Waals surface area contributed by atoms with E-state index in [0.717, 1.165) is 11.3 Å². The molecule has 0 amide bonds. The zero-order valence-electron chi connectivity index (χ0n) is 13.0. The largest absolute Gasteiger partial charge is 0.368 e. The highest BCUT2D eigenvalue weighted by Crippen LogP contribution is 2.30. The summed E-state index contributed by atoms with van der Waals surface area (Å²) in [5, 5.41) is 12.0. The molecule has 0 radical (unpaired) electrons. The quantitative estimate of drug-likeness (QED) is 0.864. The van der Waals surface area contributed by atoms with Gasteiger partial charge in [0.1, 0.15) is 5.82 Å². The Hall–Kier alpha value is -1.60. The van der Waals surface area contributed by atoms with Gasteiger partial charge in [-0.25, -0.2) is 4.39 Å². The Balaban J connectivity index is 3.31. The van der Waals surface area contributed by atoms with Gasteiger partial charge in [-0.3, -0.25) is 0 Å². The lowest BCUT2D eigenvalue weighted by atomic mass is 10.0. The lowest BCUT2D eigenvalue weighted by Gasteiger charge is -2.32. The molecule has 0 aromatic heterocycles. The van der Waals surface area contributed by atoms with E-state index in [1.54, 1.807) is 13.0 Å². The Morgan fingerprint density at radius 2 is 2.00 bits per heavy atom. The Labute approximate surface area is 121 Å². The van der Waals surface area contributed by atoms with E-state index in [2.05, 4.69) is 30.1 Å². The zero-order chi connectivity index (χ0) is 15.3. The minimum absolute atomic E-state index is 0.0587. The second-order valence-electron chi connectivity index (χ2n) is 5.37. The molecule has 1 unspecified atom stereocenters. The van der Waals surface area contributed by atoms with Crippen molar-refractivity contribution < 1.29 is 4.39 Å². The van der Waals surface area contributed by atoms with Crippen molar-refractivity contribution in [2.24, 2.45) is 0 Å². The molecule has 0 aliphatic carbocycles. The van der Waals surface area contributed by atoms with Gasteiger partial charge in [0.25, 0.3) is 0 Å². The summed E-state index contributed by atoms with van der Waals surface area (Å²) in [7, 11) is 1.86. The van der Waals surface area contributed by atoms with Crippen LogP contribution in [0.25, 0.3) is 0 Å². The van der Waals surface area contributed by atoms with E-state index in [9.17, 15) is 4.39 Å². The van der Waals surface area contributed by atoms with Crippen LogP contribution in [-0.4, -0.2) is 19.6 Å². The molecule has 0 aliphatic heterocycles. The fraction of sp³-hybridized carbons (Fsp3) is 0.562. The number of rotatable bonds is 6.